The number of hydrogen-bond acceptors (Lipinski definition) is 3. The van der Waals surface area contributed by atoms with Gasteiger partial charge in [0.25, 0.3) is 0 Å². The maximum atomic E-state index is 12.1. The first-order valence-electron chi connectivity index (χ1n) is 12.7. The summed E-state index contributed by atoms with van der Waals surface area (Å²) in [5.41, 5.74) is 9.73. The second kappa shape index (κ2) is 11.5. The molecule has 0 atom stereocenters. The monoisotopic (exact) mass is 468 g/mol. The van der Waals surface area contributed by atoms with E-state index >= 15 is 0 Å². The van der Waals surface area contributed by atoms with Crippen LogP contribution in [-0.2, 0) is 22.6 Å². The zero-order valence-electron chi connectivity index (χ0n) is 21.0. The van der Waals surface area contributed by atoms with Gasteiger partial charge < -0.3 is 9.84 Å². The lowest BCUT2D eigenvalue weighted by molar-refractivity contribution is -0.140. The zero-order chi connectivity index (χ0) is 24.8. The summed E-state index contributed by atoms with van der Waals surface area (Å²) in [6.45, 7) is 7.91. The predicted octanol–water partition coefficient (Wildman–Crippen LogP) is 7.53. The standard InChI is InChI=1S/C32H36O3/c1-22(2)32(34)35-21-29-20-28(25-7-5-4-6-8-25)14-16-31(29)27-12-10-26(11-13-27)30-15-9-24(17-18-33)19-23(30)3/h9-16,19-20,25,33H,1,4-8,17-18,21H2,2-3H3. The number of aliphatic hydroxyl groups is 1. The third-order valence-corrected chi connectivity index (χ3v) is 7.11. The summed E-state index contributed by atoms with van der Waals surface area (Å²) in [5, 5.41) is 9.21. The van der Waals surface area contributed by atoms with Gasteiger partial charge in [-0.3, -0.25) is 0 Å². The van der Waals surface area contributed by atoms with Gasteiger partial charge in [-0.25, -0.2) is 4.79 Å². The molecule has 0 heterocycles. The lowest BCUT2D eigenvalue weighted by atomic mass is 9.82. The molecular weight excluding hydrogens is 432 g/mol. The molecule has 182 valence electrons. The highest BCUT2D eigenvalue weighted by atomic mass is 16.5. The van der Waals surface area contributed by atoms with Crippen molar-refractivity contribution in [3.05, 3.63) is 95.1 Å². The summed E-state index contributed by atoms with van der Waals surface area (Å²) >= 11 is 0. The SMILES string of the molecule is C=C(C)C(=O)OCc1cc(C2CCCCC2)ccc1-c1ccc(-c2ccc(CCO)cc2C)cc1. The van der Waals surface area contributed by atoms with E-state index in [1.807, 2.05) is 0 Å². The van der Waals surface area contributed by atoms with E-state index in [0.29, 0.717) is 17.9 Å². The molecule has 1 N–H and O–H groups in total. The van der Waals surface area contributed by atoms with Gasteiger partial charge in [-0.1, -0.05) is 86.5 Å². The Balaban J connectivity index is 1.63. The predicted molar refractivity (Wildman–Crippen MR) is 143 cm³/mol. The number of carbonyl (C=O) groups is 1. The van der Waals surface area contributed by atoms with Gasteiger partial charge in [0.2, 0.25) is 0 Å². The number of aryl methyl sites for hydroxylation is 1. The van der Waals surface area contributed by atoms with Crippen LogP contribution >= 0.6 is 0 Å². The van der Waals surface area contributed by atoms with Crippen LogP contribution in [0.4, 0.5) is 0 Å². The Hall–Kier alpha value is -3.17. The number of aliphatic hydroxyl groups excluding tert-OH is 1. The van der Waals surface area contributed by atoms with Gasteiger partial charge in [-0.05, 0) is 83.5 Å². The van der Waals surface area contributed by atoms with E-state index in [0.717, 1.165) is 27.8 Å². The van der Waals surface area contributed by atoms with E-state index < -0.39 is 0 Å². The van der Waals surface area contributed by atoms with E-state index in [1.54, 1.807) is 6.92 Å². The van der Waals surface area contributed by atoms with Crippen molar-refractivity contribution in [1.82, 2.24) is 0 Å². The van der Waals surface area contributed by atoms with Crippen LogP contribution in [0.1, 0.15) is 67.2 Å². The molecule has 4 rings (SSSR count). The van der Waals surface area contributed by atoms with Crippen molar-refractivity contribution in [2.24, 2.45) is 0 Å². The van der Waals surface area contributed by atoms with Gasteiger partial charge in [0.15, 0.2) is 0 Å². The first-order chi connectivity index (χ1) is 17.0. The molecule has 1 fully saturated rings. The number of hydrogen-bond donors (Lipinski definition) is 1. The molecule has 3 nitrogen and oxygen atoms in total. The van der Waals surface area contributed by atoms with E-state index in [-0.39, 0.29) is 19.2 Å². The maximum absolute atomic E-state index is 12.1. The summed E-state index contributed by atoms with van der Waals surface area (Å²) in [6.07, 6.45) is 7.04. The summed E-state index contributed by atoms with van der Waals surface area (Å²) in [7, 11) is 0. The molecule has 35 heavy (non-hydrogen) atoms. The second-order valence-corrected chi connectivity index (χ2v) is 9.81. The lowest BCUT2D eigenvalue weighted by Gasteiger charge is -2.23. The highest BCUT2D eigenvalue weighted by molar-refractivity contribution is 5.87. The largest absolute Gasteiger partial charge is 0.457 e. The van der Waals surface area contributed by atoms with Crippen LogP contribution < -0.4 is 0 Å². The molecule has 0 amide bonds. The zero-order valence-corrected chi connectivity index (χ0v) is 21.0. The Morgan fingerprint density at radius 3 is 2.23 bits per heavy atom. The Labute approximate surface area is 209 Å². The minimum Gasteiger partial charge on any atom is -0.457 e. The van der Waals surface area contributed by atoms with Gasteiger partial charge >= 0.3 is 5.97 Å². The third-order valence-electron chi connectivity index (χ3n) is 7.11. The summed E-state index contributed by atoms with van der Waals surface area (Å²) in [5.74, 6) is 0.238. The van der Waals surface area contributed by atoms with Gasteiger partial charge in [0.05, 0.1) is 0 Å². The fourth-order valence-electron chi connectivity index (χ4n) is 5.13. The normalized spacial score (nSPS) is 14.0. The molecule has 0 spiro atoms. The highest BCUT2D eigenvalue weighted by Crippen LogP contribution is 2.36. The third kappa shape index (κ3) is 6.10. The molecule has 0 aromatic heterocycles. The van der Waals surface area contributed by atoms with Crippen LogP contribution in [0.3, 0.4) is 0 Å². The number of benzene rings is 3. The van der Waals surface area contributed by atoms with E-state index in [4.69, 9.17) is 4.74 Å². The van der Waals surface area contributed by atoms with Crippen molar-refractivity contribution in [2.75, 3.05) is 6.61 Å². The van der Waals surface area contributed by atoms with Crippen LogP contribution in [0, 0.1) is 6.92 Å². The number of rotatable bonds is 8. The molecule has 3 aromatic rings. The molecule has 1 aliphatic carbocycles. The van der Waals surface area contributed by atoms with E-state index in [2.05, 4.69) is 74.2 Å². The van der Waals surface area contributed by atoms with Crippen LogP contribution in [0.15, 0.2) is 72.8 Å². The van der Waals surface area contributed by atoms with E-state index in [1.165, 1.54) is 48.8 Å². The molecule has 0 unspecified atom stereocenters. The first kappa shape index (κ1) is 24.9. The van der Waals surface area contributed by atoms with Gasteiger partial charge in [-0.2, -0.15) is 0 Å². The van der Waals surface area contributed by atoms with Crippen LogP contribution in [-0.4, -0.2) is 17.7 Å². The van der Waals surface area contributed by atoms with Crippen molar-refractivity contribution >= 4 is 5.97 Å². The van der Waals surface area contributed by atoms with Crippen molar-refractivity contribution in [2.45, 2.75) is 64.9 Å². The van der Waals surface area contributed by atoms with Gasteiger partial charge in [0, 0.05) is 12.2 Å². The van der Waals surface area contributed by atoms with Gasteiger partial charge in [-0.15, -0.1) is 0 Å². The summed E-state index contributed by atoms with van der Waals surface area (Å²) < 4.78 is 5.58. The molecular formula is C32H36O3. The number of ether oxygens (including phenoxy) is 1. The average Bonchev–Trinajstić information content (AvgIpc) is 2.88. The summed E-state index contributed by atoms with van der Waals surface area (Å²) in [4.78, 5) is 12.1. The van der Waals surface area contributed by atoms with Crippen LogP contribution in [0.2, 0.25) is 0 Å². The smallest absolute Gasteiger partial charge is 0.333 e. The van der Waals surface area contributed by atoms with Crippen molar-refractivity contribution < 1.29 is 14.6 Å². The molecule has 3 aromatic carbocycles. The highest BCUT2D eigenvalue weighted by Gasteiger charge is 2.18. The Morgan fingerprint density at radius 1 is 0.943 bits per heavy atom. The van der Waals surface area contributed by atoms with Crippen LogP contribution in [0.5, 0.6) is 0 Å². The fraction of sp³-hybridized carbons (Fsp3) is 0.344. The molecule has 0 bridgehead atoms. The van der Waals surface area contributed by atoms with Crippen molar-refractivity contribution in [3.63, 3.8) is 0 Å². The van der Waals surface area contributed by atoms with Crippen molar-refractivity contribution in [1.29, 1.82) is 0 Å². The number of esters is 1. The summed E-state index contributed by atoms with van der Waals surface area (Å²) in [6, 6.07) is 21.7. The van der Waals surface area contributed by atoms with Crippen LogP contribution in [0.25, 0.3) is 22.3 Å². The molecule has 0 radical (unpaired) electrons. The Bertz CT molecular complexity index is 1180. The van der Waals surface area contributed by atoms with E-state index in [9.17, 15) is 9.90 Å². The number of carbonyl (C=O) groups excluding carboxylic acids is 1. The van der Waals surface area contributed by atoms with Crippen molar-refractivity contribution in [3.8, 4) is 22.3 Å². The molecule has 0 saturated heterocycles. The second-order valence-electron chi connectivity index (χ2n) is 9.81. The Kier molecular flexibility index (Phi) is 8.20. The Morgan fingerprint density at radius 2 is 1.60 bits per heavy atom. The lowest BCUT2D eigenvalue weighted by Crippen LogP contribution is -2.08. The molecule has 1 aliphatic rings. The minimum absolute atomic E-state index is 0.164. The average molecular weight is 469 g/mol. The maximum Gasteiger partial charge on any atom is 0.333 e. The first-order valence-corrected chi connectivity index (χ1v) is 12.7. The molecule has 1 saturated carbocycles. The topological polar surface area (TPSA) is 46.5 Å². The molecule has 0 aliphatic heterocycles. The quantitative estimate of drug-likeness (QED) is 0.274. The fourth-order valence-corrected chi connectivity index (χ4v) is 5.13. The molecule has 3 heteroatoms. The van der Waals surface area contributed by atoms with Gasteiger partial charge in [0.1, 0.15) is 6.61 Å². The minimum atomic E-state index is -0.352.